The molecule has 0 aliphatic heterocycles. The van der Waals surface area contributed by atoms with Crippen LogP contribution in [0.15, 0.2) is 23.8 Å². The smallest absolute Gasteiger partial charge is 0.155 e. The molecule has 0 aromatic heterocycles. The van der Waals surface area contributed by atoms with Crippen LogP contribution in [0.1, 0.15) is 39.5 Å². The van der Waals surface area contributed by atoms with E-state index < -0.39 is 0 Å². The van der Waals surface area contributed by atoms with Gasteiger partial charge in [0.1, 0.15) is 0 Å². The molecule has 0 bridgehead atoms. The Bertz CT molecular complexity index is 324. The Morgan fingerprint density at radius 2 is 2.13 bits per heavy atom. The Kier molecular flexibility index (Phi) is 2.81. The Labute approximate surface area is 92.3 Å². The van der Waals surface area contributed by atoms with Gasteiger partial charge in [0.25, 0.3) is 0 Å². The Morgan fingerprint density at radius 1 is 1.40 bits per heavy atom. The van der Waals surface area contributed by atoms with Crippen LogP contribution in [0.3, 0.4) is 0 Å². The van der Waals surface area contributed by atoms with E-state index >= 15 is 0 Å². The first-order valence-corrected chi connectivity index (χ1v) is 5.99. The van der Waals surface area contributed by atoms with E-state index in [-0.39, 0.29) is 0 Å². The molecule has 2 aliphatic carbocycles. The van der Waals surface area contributed by atoms with Crippen LogP contribution in [0.25, 0.3) is 0 Å². The Balaban J connectivity index is 2.29. The van der Waals surface area contributed by atoms with Gasteiger partial charge in [0, 0.05) is 6.42 Å². The molecule has 1 nitrogen and oxygen atoms in total. The minimum absolute atomic E-state index is 0.329. The molecule has 0 unspecified atom stereocenters. The van der Waals surface area contributed by atoms with Crippen molar-refractivity contribution in [2.24, 2.45) is 17.8 Å². The van der Waals surface area contributed by atoms with E-state index in [1.807, 2.05) is 6.08 Å². The van der Waals surface area contributed by atoms with Crippen molar-refractivity contribution in [1.29, 1.82) is 0 Å². The van der Waals surface area contributed by atoms with Gasteiger partial charge in [-0.15, -0.1) is 0 Å². The summed E-state index contributed by atoms with van der Waals surface area (Å²) in [5.41, 5.74) is 2.71. The van der Waals surface area contributed by atoms with Gasteiger partial charge >= 0.3 is 0 Å². The number of allylic oxidation sites excluding steroid dienone is 3. The van der Waals surface area contributed by atoms with Crippen LogP contribution in [0.4, 0.5) is 0 Å². The molecular formula is C14H20O. The van der Waals surface area contributed by atoms with E-state index in [0.29, 0.717) is 23.5 Å². The summed E-state index contributed by atoms with van der Waals surface area (Å²) >= 11 is 0. The van der Waals surface area contributed by atoms with Gasteiger partial charge in [-0.05, 0) is 50.0 Å². The molecule has 0 saturated heterocycles. The largest absolute Gasteiger partial charge is 0.295 e. The van der Waals surface area contributed by atoms with E-state index in [9.17, 15) is 4.79 Å². The summed E-state index contributed by atoms with van der Waals surface area (Å²) in [6.45, 7) is 8.49. The lowest BCUT2D eigenvalue weighted by Gasteiger charge is -2.39. The summed E-state index contributed by atoms with van der Waals surface area (Å²) in [4.78, 5) is 11.4. The molecular weight excluding hydrogens is 184 g/mol. The fraction of sp³-hybridized carbons (Fsp3) is 0.643. The second kappa shape index (κ2) is 3.96. The molecule has 0 amide bonds. The van der Waals surface area contributed by atoms with Gasteiger partial charge in [0.2, 0.25) is 0 Å². The van der Waals surface area contributed by atoms with Crippen molar-refractivity contribution in [2.45, 2.75) is 39.5 Å². The first-order chi connectivity index (χ1) is 7.09. The molecule has 15 heavy (non-hydrogen) atoms. The number of hydrogen-bond acceptors (Lipinski definition) is 1. The summed E-state index contributed by atoms with van der Waals surface area (Å²) < 4.78 is 0. The predicted octanol–water partition coefficient (Wildman–Crippen LogP) is 3.51. The first kappa shape index (κ1) is 10.7. The molecule has 82 valence electrons. The van der Waals surface area contributed by atoms with Crippen molar-refractivity contribution in [1.82, 2.24) is 0 Å². The fourth-order valence-corrected chi connectivity index (χ4v) is 3.16. The zero-order valence-corrected chi connectivity index (χ0v) is 9.75. The maximum absolute atomic E-state index is 11.4. The highest BCUT2D eigenvalue weighted by Crippen LogP contribution is 2.45. The van der Waals surface area contributed by atoms with Crippen LogP contribution >= 0.6 is 0 Å². The Morgan fingerprint density at radius 3 is 2.80 bits per heavy atom. The van der Waals surface area contributed by atoms with Crippen molar-refractivity contribution >= 4 is 5.78 Å². The van der Waals surface area contributed by atoms with E-state index in [1.165, 1.54) is 24.0 Å². The van der Waals surface area contributed by atoms with Crippen LogP contribution in [-0.4, -0.2) is 5.78 Å². The predicted molar refractivity (Wildman–Crippen MR) is 62.5 cm³/mol. The summed E-state index contributed by atoms with van der Waals surface area (Å²) in [5.74, 6) is 2.18. The number of ketones is 1. The zero-order valence-electron chi connectivity index (χ0n) is 9.75. The summed E-state index contributed by atoms with van der Waals surface area (Å²) in [6, 6.07) is 0. The van der Waals surface area contributed by atoms with Gasteiger partial charge in [-0.25, -0.2) is 0 Å². The molecule has 1 saturated carbocycles. The summed E-state index contributed by atoms with van der Waals surface area (Å²) in [6.07, 6.45) is 6.19. The van der Waals surface area contributed by atoms with E-state index in [4.69, 9.17) is 0 Å². The van der Waals surface area contributed by atoms with Crippen molar-refractivity contribution in [2.75, 3.05) is 0 Å². The maximum atomic E-state index is 11.4. The molecule has 2 aliphatic rings. The second-order valence-corrected chi connectivity index (χ2v) is 5.19. The van der Waals surface area contributed by atoms with Crippen LogP contribution < -0.4 is 0 Å². The topological polar surface area (TPSA) is 17.1 Å². The van der Waals surface area contributed by atoms with Crippen LogP contribution in [-0.2, 0) is 4.79 Å². The minimum Gasteiger partial charge on any atom is -0.295 e. The monoisotopic (exact) mass is 204 g/mol. The van der Waals surface area contributed by atoms with E-state index in [2.05, 4.69) is 20.4 Å². The molecule has 1 fully saturated rings. The summed E-state index contributed by atoms with van der Waals surface area (Å²) in [5, 5.41) is 0. The van der Waals surface area contributed by atoms with Crippen molar-refractivity contribution in [3.63, 3.8) is 0 Å². The molecule has 0 heterocycles. The third-order valence-electron chi connectivity index (χ3n) is 4.06. The quantitative estimate of drug-likeness (QED) is 0.597. The van der Waals surface area contributed by atoms with Gasteiger partial charge in [-0.1, -0.05) is 24.6 Å². The SMILES string of the molecule is C=C(C)[C@@H]1CC[C@@H](C)C2=CC(=O)CC[C@H]21. The van der Waals surface area contributed by atoms with Crippen LogP contribution in [0.2, 0.25) is 0 Å². The van der Waals surface area contributed by atoms with Crippen molar-refractivity contribution in [3.05, 3.63) is 23.8 Å². The number of fused-ring (bicyclic) bond motifs is 1. The van der Waals surface area contributed by atoms with Gasteiger partial charge in [-0.2, -0.15) is 0 Å². The molecule has 3 atom stereocenters. The highest BCUT2D eigenvalue weighted by atomic mass is 16.1. The number of rotatable bonds is 1. The molecule has 0 aromatic carbocycles. The third-order valence-corrected chi connectivity index (χ3v) is 4.06. The van der Waals surface area contributed by atoms with Crippen LogP contribution in [0, 0.1) is 17.8 Å². The van der Waals surface area contributed by atoms with E-state index in [1.54, 1.807) is 0 Å². The summed E-state index contributed by atoms with van der Waals surface area (Å²) in [7, 11) is 0. The van der Waals surface area contributed by atoms with Gasteiger partial charge in [0.05, 0.1) is 0 Å². The number of carbonyl (C=O) groups is 1. The lowest BCUT2D eigenvalue weighted by atomic mass is 9.65. The minimum atomic E-state index is 0.329. The standard InChI is InChI=1S/C14H20O/c1-9(2)12-6-4-10(3)14-8-11(15)5-7-13(12)14/h8,10,12-13H,1,4-7H2,2-3H3/t10-,12+,13+/m1/s1. The zero-order chi connectivity index (χ0) is 11.0. The van der Waals surface area contributed by atoms with Gasteiger partial charge in [0.15, 0.2) is 5.78 Å². The van der Waals surface area contributed by atoms with Crippen molar-refractivity contribution in [3.8, 4) is 0 Å². The van der Waals surface area contributed by atoms with E-state index in [0.717, 1.165) is 12.8 Å². The fourth-order valence-electron chi connectivity index (χ4n) is 3.16. The number of hydrogen-bond donors (Lipinski definition) is 0. The second-order valence-electron chi connectivity index (χ2n) is 5.19. The number of carbonyl (C=O) groups excluding carboxylic acids is 1. The molecule has 2 rings (SSSR count). The van der Waals surface area contributed by atoms with Gasteiger partial charge in [-0.3, -0.25) is 4.79 Å². The Hall–Kier alpha value is -0.850. The lowest BCUT2D eigenvalue weighted by Crippen LogP contribution is -2.30. The average Bonchev–Trinajstić information content (AvgIpc) is 2.19. The molecule has 1 heteroatoms. The normalized spacial score (nSPS) is 35.7. The molecule has 0 N–H and O–H groups in total. The van der Waals surface area contributed by atoms with Crippen molar-refractivity contribution < 1.29 is 4.79 Å². The highest BCUT2D eigenvalue weighted by molar-refractivity contribution is 5.91. The molecule has 0 aromatic rings. The highest BCUT2D eigenvalue weighted by Gasteiger charge is 2.35. The van der Waals surface area contributed by atoms with Crippen LogP contribution in [0.5, 0.6) is 0 Å². The first-order valence-electron chi connectivity index (χ1n) is 5.99. The third kappa shape index (κ3) is 1.92. The molecule has 0 spiro atoms. The molecule has 0 radical (unpaired) electrons. The van der Waals surface area contributed by atoms with Gasteiger partial charge < -0.3 is 0 Å². The maximum Gasteiger partial charge on any atom is 0.155 e. The average molecular weight is 204 g/mol. The lowest BCUT2D eigenvalue weighted by molar-refractivity contribution is -0.115.